The molecule has 0 radical (unpaired) electrons. The number of benzene rings is 2. The van der Waals surface area contributed by atoms with Gasteiger partial charge < -0.3 is 20.8 Å². The Morgan fingerprint density at radius 3 is 1.15 bits per heavy atom. The molecule has 2 amide bonds. The molecule has 0 spiro atoms. The molecule has 0 saturated carbocycles. The van der Waals surface area contributed by atoms with Crippen LogP contribution in [0.1, 0.15) is 175 Å². The number of rotatable bonds is 14. The van der Waals surface area contributed by atoms with Crippen LogP contribution in [-0.2, 0) is 44.1 Å². The Kier molecular flexibility index (Phi) is 14.2. The summed E-state index contributed by atoms with van der Waals surface area (Å²) in [5.41, 5.74) is 5.19. The second-order valence-electron chi connectivity index (χ2n) is 18.0. The number of aromatic hydroxyl groups is 2. The lowest BCUT2D eigenvalue weighted by Crippen LogP contribution is -2.47. The van der Waals surface area contributed by atoms with Crippen molar-refractivity contribution in [2.75, 3.05) is 0 Å². The summed E-state index contributed by atoms with van der Waals surface area (Å²) in [5.74, 6) is 0.622. The second-order valence-corrected chi connectivity index (χ2v) is 18.0. The molecule has 0 bridgehead atoms. The molecule has 0 atom stereocenters. The lowest BCUT2D eigenvalue weighted by molar-refractivity contribution is -0.124. The predicted octanol–water partition coefficient (Wildman–Crippen LogP) is 9.77. The number of carbonyl (C=O) groups excluding carboxylic acids is 2. The molecule has 0 unspecified atom stereocenters. The molecule has 0 aliphatic rings. The van der Waals surface area contributed by atoms with Crippen LogP contribution in [0.15, 0.2) is 24.3 Å². The van der Waals surface area contributed by atoms with E-state index in [1.54, 1.807) is 0 Å². The summed E-state index contributed by atoms with van der Waals surface area (Å²) in [6.07, 6.45) is 6.91. The van der Waals surface area contributed by atoms with E-state index in [1.807, 2.05) is 0 Å². The molecule has 6 nitrogen and oxygen atoms in total. The highest BCUT2D eigenvalue weighted by Crippen LogP contribution is 2.41. The van der Waals surface area contributed by atoms with Crippen molar-refractivity contribution in [1.82, 2.24) is 10.6 Å². The summed E-state index contributed by atoms with van der Waals surface area (Å²) in [7, 11) is 0. The first-order valence-corrected chi connectivity index (χ1v) is 18.3. The van der Waals surface area contributed by atoms with Gasteiger partial charge in [0.05, 0.1) is 0 Å². The fraction of sp³-hybridized carbons (Fsp3) is 0.667. The van der Waals surface area contributed by atoms with Crippen molar-refractivity contribution >= 4 is 11.8 Å². The van der Waals surface area contributed by atoms with Crippen LogP contribution >= 0.6 is 0 Å². The molecule has 2 rings (SSSR count). The topological polar surface area (TPSA) is 98.7 Å². The van der Waals surface area contributed by atoms with Crippen LogP contribution in [0.4, 0.5) is 0 Å². The Hall–Kier alpha value is -3.02. The molecule has 0 aliphatic carbocycles. The second kappa shape index (κ2) is 16.6. The number of aryl methyl sites for hydroxylation is 2. The Labute approximate surface area is 292 Å². The highest BCUT2D eigenvalue weighted by atomic mass is 16.3. The predicted molar refractivity (Wildman–Crippen MR) is 201 cm³/mol. The summed E-state index contributed by atoms with van der Waals surface area (Å²) in [4.78, 5) is 26.2. The van der Waals surface area contributed by atoms with Gasteiger partial charge >= 0.3 is 0 Å². The number of unbranched alkanes of at least 4 members (excludes halogenated alkanes) is 2. The molecule has 0 saturated heterocycles. The normalized spacial score (nSPS) is 12.8. The van der Waals surface area contributed by atoms with E-state index in [0.29, 0.717) is 43.6 Å². The lowest BCUT2D eigenvalue weighted by Gasteiger charge is -2.28. The number of hydrogen-bond acceptors (Lipinski definition) is 4. The fourth-order valence-electron chi connectivity index (χ4n) is 6.18. The number of carbonyl (C=O) groups is 2. The molecular weight excluding hydrogens is 596 g/mol. The highest BCUT2D eigenvalue weighted by molar-refractivity contribution is 5.79. The molecule has 0 fully saturated rings. The first-order chi connectivity index (χ1) is 21.9. The van der Waals surface area contributed by atoms with Gasteiger partial charge in [-0.25, -0.2) is 0 Å². The quantitative estimate of drug-likeness (QED) is 0.119. The van der Waals surface area contributed by atoms with Crippen molar-refractivity contribution in [2.45, 2.75) is 182 Å². The van der Waals surface area contributed by atoms with Crippen LogP contribution in [0.2, 0.25) is 0 Å². The van der Waals surface area contributed by atoms with Crippen molar-refractivity contribution in [3.63, 3.8) is 0 Å². The molecule has 48 heavy (non-hydrogen) atoms. The number of hydrogen-bond donors (Lipinski definition) is 4. The van der Waals surface area contributed by atoms with Crippen molar-refractivity contribution in [3.05, 3.63) is 57.6 Å². The molecule has 2 aromatic rings. The monoisotopic (exact) mass is 665 g/mol. The van der Waals surface area contributed by atoms with Gasteiger partial charge in [0.2, 0.25) is 11.8 Å². The summed E-state index contributed by atoms with van der Waals surface area (Å²) in [5, 5.41) is 28.3. The number of phenols is 2. The van der Waals surface area contributed by atoms with Crippen LogP contribution < -0.4 is 10.6 Å². The number of phenolic OH excluding ortho intramolecular Hbond substituents is 2. The van der Waals surface area contributed by atoms with Crippen LogP contribution in [0.25, 0.3) is 0 Å². The maximum atomic E-state index is 13.1. The van der Waals surface area contributed by atoms with Gasteiger partial charge in [0.15, 0.2) is 0 Å². The SMILES string of the molecule is CCCCCC(NC(=O)CCCc1cc(C(C)(C)C)c(O)c(C(C)(C)C)c1)NC(=O)CCCc1cc(C(C)(C)C)c(O)c(C(C)(C)C)c1. The van der Waals surface area contributed by atoms with E-state index in [1.165, 1.54) is 0 Å². The summed E-state index contributed by atoms with van der Waals surface area (Å²) in [6, 6.07) is 8.34. The molecule has 0 aromatic heterocycles. The fourth-order valence-corrected chi connectivity index (χ4v) is 6.18. The third-order valence-electron chi connectivity index (χ3n) is 9.08. The zero-order valence-corrected chi connectivity index (χ0v) is 32.7. The smallest absolute Gasteiger partial charge is 0.221 e. The Balaban J connectivity index is 2.04. The average molecular weight is 665 g/mol. The highest BCUT2D eigenvalue weighted by Gasteiger charge is 2.28. The van der Waals surface area contributed by atoms with Gasteiger partial charge in [-0.05, 0) is 93.6 Å². The largest absolute Gasteiger partial charge is 0.507 e. The van der Waals surface area contributed by atoms with E-state index in [4.69, 9.17) is 0 Å². The zero-order chi connectivity index (χ0) is 36.7. The minimum Gasteiger partial charge on any atom is -0.507 e. The number of nitrogens with one attached hydrogen (secondary N) is 2. The van der Waals surface area contributed by atoms with Crippen LogP contribution in [-0.4, -0.2) is 28.2 Å². The minimum absolute atomic E-state index is 0.0591. The molecule has 4 N–H and O–H groups in total. The van der Waals surface area contributed by atoms with Gasteiger partial charge in [-0.2, -0.15) is 0 Å². The van der Waals surface area contributed by atoms with Gasteiger partial charge in [0.1, 0.15) is 17.7 Å². The van der Waals surface area contributed by atoms with Crippen molar-refractivity contribution in [2.24, 2.45) is 0 Å². The maximum Gasteiger partial charge on any atom is 0.221 e. The van der Waals surface area contributed by atoms with Crippen molar-refractivity contribution in [3.8, 4) is 11.5 Å². The number of amides is 2. The Morgan fingerprint density at radius 2 is 0.875 bits per heavy atom. The first-order valence-electron chi connectivity index (χ1n) is 18.3. The maximum absolute atomic E-state index is 13.1. The van der Waals surface area contributed by atoms with Crippen LogP contribution in [0, 0.1) is 0 Å². The van der Waals surface area contributed by atoms with Gasteiger partial charge in [-0.1, -0.05) is 127 Å². The van der Waals surface area contributed by atoms with Gasteiger partial charge in [-0.3, -0.25) is 9.59 Å². The van der Waals surface area contributed by atoms with Gasteiger partial charge in [-0.15, -0.1) is 0 Å². The van der Waals surface area contributed by atoms with E-state index in [9.17, 15) is 19.8 Å². The summed E-state index contributed by atoms with van der Waals surface area (Å²) < 4.78 is 0. The van der Waals surface area contributed by atoms with Gasteiger partial charge in [0.25, 0.3) is 0 Å². The Bertz CT molecular complexity index is 1210. The van der Waals surface area contributed by atoms with Crippen LogP contribution in [0.5, 0.6) is 11.5 Å². The molecule has 0 aliphatic heterocycles. The van der Waals surface area contributed by atoms with E-state index >= 15 is 0 Å². The van der Waals surface area contributed by atoms with Crippen molar-refractivity contribution < 1.29 is 19.8 Å². The third kappa shape index (κ3) is 12.5. The van der Waals surface area contributed by atoms with E-state index in [-0.39, 0.29) is 39.6 Å². The van der Waals surface area contributed by atoms with E-state index in [2.05, 4.69) is 125 Å². The van der Waals surface area contributed by atoms with E-state index < -0.39 is 0 Å². The molecule has 0 heterocycles. The third-order valence-corrected chi connectivity index (χ3v) is 9.08. The van der Waals surface area contributed by atoms with Crippen LogP contribution in [0.3, 0.4) is 0 Å². The lowest BCUT2D eigenvalue weighted by atomic mass is 9.78. The molecule has 6 heteroatoms. The molecule has 270 valence electrons. The molecule has 2 aromatic carbocycles. The Morgan fingerprint density at radius 1 is 0.562 bits per heavy atom. The summed E-state index contributed by atoms with van der Waals surface area (Å²) >= 11 is 0. The minimum atomic E-state index is -0.390. The average Bonchev–Trinajstić information content (AvgIpc) is 2.92. The zero-order valence-electron chi connectivity index (χ0n) is 32.7. The van der Waals surface area contributed by atoms with Crippen molar-refractivity contribution in [1.29, 1.82) is 0 Å². The van der Waals surface area contributed by atoms with E-state index in [0.717, 1.165) is 65.5 Å². The summed E-state index contributed by atoms with van der Waals surface area (Å²) in [6.45, 7) is 27.4. The molecular formula is C42H68N2O4. The first kappa shape index (κ1) is 41.2. The standard InChI is InChI=1S/C42H68N2O4/c1-14-15-16-21-34(43-35(45)22-17-19-28-24-30(39(2,3)4)37(47)31(25-28)40(5,6)7)44-36(46)23-18-20-29-26-32(41(8,9)10)38(48)33(27-29)42(11,12)13/h24-27,34,47-48H,14-23H2,1-13H3,(H,43,45)(H,44,46). The van der Waals surface area contributed by atoms with Gasteiger partial charge in [0, 0.05) is 12.8 Å².